The Balaban J connectivity index is 1.66. The summed E-state index contributed by atoms with van der Waals surface area (Å²) in [7, 11) is 1.64. The van der Waals surface area contributed by atoms with Crippen LogP contribution >= 0.6 is 0 Å². The molecule has 0 saturated carbocycles. The van der Waals surface area contributed by atoms with Crippen LogP contribution < -0.4 is 15.2 Å². The number of benzene rings is 2. The molecule has 0 spiro atoms. The molecular weight excluding hydrogens is 364 g/mol. The number of nitrogen functional groups attached to an aromatic ring is 1. The second-order valence-corrected chi connectivity index (χ2v) is 7.95. The maximum Gasteiger partial charge on any atom is 0.142 e. The van der Waals surface area contributed by atoms with Crippen LogP contribution in [0.4, 0.5) is 5.69 Å². The summed E-state index contributed by atoms with van der Waals surface area (Å²) in [4.78, 5) is 17.3. The summed E-state index contributed by atoms with van der Waals surface area (Å²) in [5.74, 6) is 1.63. The molecule has 5 nitrogen and oxygen atoms in total. The number of aromatic nitrogens is 1. The molecule has 1 heterocycles. The number of fused-ring (bicyclic) bond motifs is 1. The van der Waals surface area contributed by atoms with Crippen LogP contribution in [-0.4, -0.2) is 24.5 Å². The highest BCUT2D eigenvalue weighted by atomic mass is 16.5. The van der Waals surface area contributed by atoms with Crippen molar-refractivity contribution in [1.29, 1.82) is 0 Å². The van der Waals surface area contributed by atoms with E-state index in [1.54, 1.807) is 7.11 Å². The van der Waals surface area contributed by atoms with Gasteiger partial charge in [-0.15, -0.1) is 0 Å². The topological polar surface area (TPSA) is 74.4 Å². The van der Waals surface area contributed by atoms with Gasteiger partial charge in [0.05, 0.1) is 23.4 Å². The van der Waals surface area contributed by atoms with Crippen molar-refractivity contribution in [2.24, 2.45) is 5.41 Å². The smallest absolute Gasteiger partial charge is 0.142 e. The van der Waals surface area contributed by atoms with Crippen molar-refractivity contribution in [1.82, 2.24) is 4.98 Å². The van der Waals surface area contributed by atoms with E-state index in [4.69, 9.17) is 15.2 Å². The molecule has 2 aromatic carbocycles. The van der Waals surface area contributed by atoms with Gasteiger partial charge in [0.1, 0.15) is 23.9 Å². The molecule has 29 heavy (non-hydrogen) atoms. The zero-order valence-electron chi connectivity index (χ0n) is 17.5. The molecule has 2 N–H and O–H groups in total. The number of hydrogen-bond donors (Lipinski definition) is 1. The van der Waals surface area contributed by atoms with E-state index in [1.165, 1.54) is 0 Å². The van der Waals surface area contributed by atoms with Gasteiger partial charge in [0, 0.05) is 17.8 Å². The van der Waals surface area contributed by atoms with Gasteiger partial charge in [-0.05, 0) is 63.1 Å². The third-order valence-corrected chi connectivity index (χ3v) is 5.10. The summed E-state index contributed by atoms with van der Waals surface area (Å²) in [5, 5.41) is 0.791. The number of methoxy groups -OCH3 is 1. The minimum Gasteiger partial charge on any atom is -0.497 e. The Labute approximate surface area is 171 Å². The number of rotatable bonds is 8. The lowest BCUT2D eigenvalue weighted by atomic mass is 9.86. The number of anilines is 1. The summed E-state index contributed by atoms with van der Waals surface area (Å²) < 4.78 is 11.2. The Hall–Kier alpha value is -3.08. The third-order valence-electron chi connectivity index (χ3n) is 5.10. The molecule has 0 aliphatic rings. The van der Waals surface area contributed by atoms with Crippen molar-refractivity contribution in [3.8, 4) is 11.5 Å². The monoisotopic (exact) mass is 392 g/mol. The molecule has 0 aliphatic carbocycles. The predicted molar refractivity (Wildman–Crippen MR) is 116 cm³/mol. The van der Waals surface area contributed by atoms with Crippen LogP contribution in [0.15, 0.2) is 48.5 Å². The molecule has 3 aromatic rings. The predicted octanol–water partition coefficient (Wildman–Crippen LogP) is 4.74. The average Bonchev–Trinajstić information content (AvgIpc) is 2.70. The lowest BCUT2D eigenvalue weighted by molar-refractivity contribution is -0.128. The largest absolute Gasteiger partial charge is 0.497 e. The Kier molecular flexibility index (Phi) is 6.06. The van der Waals surface area contributed by atoms with Crippen molar-refractivity contribution in [3.05, 3.63) is 59.8 Å². The van der Waals surface area contributed by atoms with Gasteiger partial charge in [-0.3, -0.25) is 9.78 Å². The molecule has 0 saturated heterocycles. The number of pyridine rings is 1. The van der Waals surface area contributed by atoms with Gasteiger partial charge in [-0.25, -0.2) is 0 Å². The standard InChI is InChI=1S/C24H28N2O3/c1-16-14-19(25)23-20(26-16)6-5-7-21(23)29-15-24(2,3)22(27)13-10-17-8-11-18(28-4)12-9-17/h5-9,11-12,14H,10,13,15H2,1-4H3,(H2,25,26). The highest BCUT2D eigenvalue weighted by Crippen LogP contribution is 2.32. The Morgan fingerprint density at radius 1 is 1.14 bits per heavy atom. The van der Waals surface area contributed by atoms with Crippen molar-refractivity contribution in [3.63, 3.8) is 0 Å². The van der Waals surface area contributed by atoms with E-state index >= 15 is 0 Å². The number of nitrogens with two attached hydrogens (primary N) is 1. The lowest BCUT2D eigenvalue weighted by Gasteiger charge is -2.24. The van der Waals surface area contributed by atoms with E-state index in [9.17, 15) is 4.79 Å². The number of ketones is 1. The van der Waals surface area contributed by atoms with E-state index < -0.39 is 5.41 Å². The van der Waals surface area contributed by atoms with E-state index in [-0.39, 0.29) is 12.4 Å². The first kappa shape index (κ1) is 20.6. The summed E-state index contributed by atoms with van der Waals surface area (Å²) in [6.45, 7) is 6.02. The highest BCUT2D eigenvalue weighted by Gasteiger charge is 2.28. The molecule has 0 fully saturated rings. The Bertz CT molecular complexity index is 1010. The summed E-state index contributed by atoms with van der Waals surface area (Å²) in [6.07, 6.45) is 1.15. The molecule has 0 atom stereocenters. The van der Waals surface area contributed by atoms with E-state index in [0.717, 1.165) is 27.9 Å². The first-order chi connectivity index (χ1) is 13.8. The molecule has 0 unspecified atom stereocenters. The SMILES string of the molecule is COc1ccc(CCC(=O)C(C)(C)COc2cccc3nc(C)cc(N)c23)cc1. The molecule has 152 valence electrons. The van der Waals surface area contributed by atoms with Crippen LogP contribution in [0.5, 0.6) is 11.5 Å². The Morgan fingerprint density at radius 2 is 1.86 bits per heavy atom. The minimum absolute atomic E-state index is 0.162. The Morgan fingerprint density at radius 3 is 2.55 bits per heavy atom. The molecule has 0 amide bonds. The van der Waals surface area contributed by atoms with E-state index in [0.29, 0.717) is 24.3 Å². The molecule has 0 radical (unpaired) electrons. The van der Waals surface area contributed by atoms with Crippen molar-refractivity contribution >= 4 is 22.4 Å². The van der Waals surface area contributed by atoms with Crippen LogP contribution in [0.25, 0.3) is 10.9 Å². The number of ether oxygens (including phenoxy) is 2. The molecule has 3 rings (SSSR count). The van der Waals surface area contributed by atoms with Crippen molar-refractivity contribution < 1.29 is 14.3 Å². The normalized spacial score (nSPS) is 11.4. The van der Waals surface area contributed by atoms with Gasteiger partial charge in [0.25, 0.3) is 0 Å². The second kappa shape index (κ2) is 8.52. The number of aryl methyl sites for hydroxylation is 2. The van der Waals surface area contributed by atoms with Gasteiger partial charge in [0.2, 0.25) is 0 Å². The lowest BCUT2D eigenvalue weighted by Crippen LogP contribution is -2.31. The average molecular weight is 392 g/mol. The summed E-state index contributed by atoms with van der Waals surface area (Å²) >= 11 is 0. The number of hydrogen-bond acceptors (Lipinski definition) is 5. The van der Waals surface area contributed by atoms with Crippen LogP contribution in [0.3, 0.4) is 0 Å². The maximum absolute atomic E-state index is 12.8. The van der Waals surface area contributed by atoms with Crippen LogP contribution in [0.2, 0.25) is 0 Å². The van der Waals surface area contributed by atoms with Crippen LogP contribution in [0, 0.1) is 12.3 Å². The number of nitrogens with zero attached hydrogens (tertiary/aromatic N) is 1. The van der Waals surface area contributed by atoms with Gasteiger partial charge in [-0.2, -0.15) is 0 Å². The molecular formula is C24H28N2O3. The zero-order valence-corrected chi connectivity index (χ0v) is 17.5. The third kappa shape index (κ3) is 4.86. The molecule has 0 aliphatic heterocycles. The molecule has 5 heteroatoms. The van der Waals surface area contributed by atoms with Gasteiger partial charge >= 0.3 is 0 Å². The zero-order chi connectivity index (χ0) is 21.0. The fourth-order valence-electron chi connectivity index (χ4n) is 3.27. The maximum atomic E-state index is 12.8. The fourth-order valence-corrected chi connectivity index (χ4v) is 3.27. The molecule has 1 aromatic heterocycles. The summed E-state index contributed by atoms with van der Waals surface area (Å²) in [5.41, 5.74) is 8.98. The van der Waals surface area contributed by atoms with Crippen LogP contribution in [-0.2, 0) is 11.2 Å². The van der Waals surface area contributed by atoms with Gasteiger partial charge in [0.15, 0.2) is 0 Å². The van der Waals surface area contributed by atoms with E-state index in [2.05, 4.69) is 4.98 Å². The second-order valence-electron chi connectivity index (χ2n) is 7.95. The fraction of sp³-hybridized carbons (Fsp3) is 0.333. The quantitative estimate of drug-likeness (QED) is 0.599. The summed E-state index contributed by atoms with van der Waals surface area (Å²) in [6, 6.07) is 15.3. The van der Waals surface area contributed by atoms with Gasteiger partial charge in [-0.1, -0.05) is 18.2 Å². The highest BCUT2D eigenvalue weighted by molar-refractivity contribution is 5.95. The van der Waals surface area contributed by atoms with Gasteiger partial charge < -0.3 is 15.2 Å². The number of carbonyl (C=O) groups excluding carboxylic acids is 1. The van der Waals surface area contributed by atoms with Crippen molar-refractivity contribution in [2.45, 2.75) is 33.6 Å². The molecule has 0 bridgehead atoms. The van der Waals surface area contributed by atoms with E-state index in [1.807, 2.05) is 69.3 Å². The van der Waals surface area contributed by atoms with Crippen LogP contribution in [0.1, 0.15) is 31.5 Å². The number of carbonyl (C=O) groups is 1. The van der Waals surface area contributed by atoms with Crippen molar-refractivity contribution in [2.75, 3.05) is 19.5 Å². The number of Topliss-reactive ketones (excluding diaryl/α,β-unsaturated/α-hetero) is 1. The first-order valence-corrected chi connectivity index (χ1v) is 9.75. The minimum atomic E-state index is -0.610. The first-order valence-electron chi connectivity index (χ1n) is 9.75.